The van der Waals surface area contributed by atoms with Crippen LogP contribution in [0.15, 0.2) is 108 Å². The molecule has 12 heteroatoms. The number of oxazole rings is 1. The smallest absolute Gasteiger partial charge is 0.416 e. The van der Waals surface area contributed by atoms with E-state index in [0.717, 1.165) is 38.6 Å². The minimum Gasteiger partial charge on any atom is -0.497 e. The summed E-state index contributed by atoms with van der Waals surface area (Å²) in [4.78, 5) is 40.4. The Hall–Kier alpha value is -5.65. The van der Waals surface area contributed by atoms with Crippen molar-refractivity contribution in [2.75, 3.05) is 27.3 Å². The summed E-state index contributed by atoms with van der Waals surface area (Å²) in [6.07, 6.45) is -0.327. The van der Waals surface area contributed by atoms with Gasteiger partial charge >= 0.3 is 18.0 Å². The predicted octanol–water partition coefficient (Wildman–Crippen LogP) is 6.89. The minimum atomic E-state index is -1.14. The lowest BCUT2D eigenvalue weighted by molar-refractivity contribution is -0.139. The van der Waals surface area contributed by atoms with E-state index in [1.54, 1.807) is 36.4 Å². The van der Waals surface area contributed by atoms with Crippen molar-refractivity contribution >= 4 is 40.6 Å². The monoisotopic (exact) mass is 815 g/mol. The summed E-state index contributed by atoms with van der Waals surface area (Å²) in [7, 11) is 2.92. The van der Waals surface area contributed by atoms with Crippen molar-refractivity contribution in [3.05, 3.63) is 135 Å². The summed E-state index contributed by atoms with van der Waals surface area (Å²) in [6, 6.07) is 31.5. The van der Waals surface area contributed by atoms with E-state index in [1.165, 1.54) is 17.8 Å². The first-order valence-electron chi connectivity index (χ1n) is 16.1. The number of nitrogens with one attached hydrogen (secondary N) is 1. The zero-order valence-electron chi connectivity index (χ0n) is 28.9. The molecule has 0 fully saturated rings. The second-order valence-corrected chi connectivity index (χ2v) is 12.4. The van der Waals surface area contributed by atoms with Gasteiger partial charge in [0.2, 0.25) is 5.89 Å². The molecule has 11 nitrogen and oxygen atoms in total. The van der Waals surface area contributed by atoms with Gasteiger partial charge < -0.3 is 29.1 Å². The molecule has 0 aliphatic carbocycles. The van der Waals surface area contributed by atoms with Crippen molar-refractivity contribution in [2.45, 2.75) is 26.4 Å². The van der Waals surface area contributed by atoms with Gasteiger partial charge in [-0.2, -0.15) is 0 Å². The van der Waals surface area contributed by atoms with Crippen LogP contribution in [0, 0.1) is 22.3 Å². The number of carbonyl (C=O) groups is 3. The molecule has 0 spiro atoms. The highest BCUT2D eigenvalue weighted by atomic mass is 127. The third kappa shape index (κ3) is 12.9. The molecule has 0 radical (unpaired) electrons. The highest BCUT2D eigenvalue weighted by molar-refractivity contribution is 14.1. The van der Waals surface area contributed by atoms with E-state index >= 15 is 0 Å². The Labute approximate surface area is 316 Å². The second kappa shape index (κ2) is 20.3. The number of aromatic nitrogens is 1. The number of ether oxygens (including phenoxy) is 3. The topological polar surface area (TPSA) is 140 Å². The van der Waals surface area contributed by atoms with Crippen LogP contribution in [0.1, 0.15) is 28.1 Å². The number of esters is 1. The molecular formula is C40H38IN3O8. The van der Waals surface area contributed by atoms with Crippen molar-refractivity contribution in [3.8, 4) is 34.8 Å². The van der Waals surface area contributed by atoms with Crippen LogP contribution >= 0.6 is 22.6 Å². The largest absolute Gasteiger partial charge is 0.497 e. The third-order valence-electron chi connectivity index (χ3n) is 7.32. The van der Waals surface area contributed by atoms with Crippen LogP contribution in [0.5, 0.6) is 11.5 Å². The van der Waals surface area contributed by atoms with Gasteiger partial charge in [0.05, 0.1) is 32.9 Å². The molecule has 0 saturated heterocycles. The normalized spacial score (nSPS) is 10.2. The highest BCUT2D eigenvalue weighted by Crippen LogP contribution is 2.22. The molecule has 0 atom stereocenters. The van der Waals surface area contributed by atoms with Crippen LogP contribution in [-0.2, 0) is 33.8 Å². The number of methoxy groups -OCH3 is 2. The zero-order valence-corrected chi connectivity index (χ0v) is 31.1. The van der Waals surface area contributed by atoms with E-state index in [2.05, 4.69) is 49.5 Å². The minimum absolute atomic E-state index is 0.0649. The number of aliphatic carboxylic acids is 1. The van der Waals surface area contributed by atoms with Gasteiger partial charge in [-0.25, -0.2) is 9.78 Å². The number of hydrogen-bond donors (Lipinski definition) is 2. The van der Waals surface area contributed by atoms with E-state index in [-0.39, 0.29) is 24.8 Å². The number of carboxylic acid groups (broad SMARTS) is 1. The lowest BCUT2D eigenvalue weighted by Crippen LogP contribution is -2.37. The van der Waals surface area contributed by atoms with Gasteiger partial charge in [-0.3, -0.25) is 14.5 Å². The molecule has 0 unspecified atom stereocenters. The Kier molecular flexibility index (Phi) is 15.3. The summed E-state index contributed by atoms with van der Waals surface area (Å²) in [5, 5.41) is 12.3. The number of aryl methyl sites for hydroxylation is 1. The van der Waals surface area contributed by atoms with Gasteiger partial charge in [0, 0.05) is 27.8 Å². The first-order chi connectivity index (χ1) is 25.1. The number of benzene rings is 4. The molecule has 1 heterocycles. The Bertz CT molecular complexity index is 1970. The maximum Gasteiger partial charge on any atom is 0.416 e. The van der Waals surface area contributed by atoms with Gasteiger partial charge in [0.15, 0.2) is 0 Å². The first kappa shape index (κ1) is 39.1. The molecule has 0 saturated carbocycles. The Morgan fingerprint density at radius 2 is 1.54 bits per heavy atom. The number of hydrogen-bond acceptors (Lipinski definition) is 9. The van der Waals surface area contributed by atoms with Crippen molar-refractivity contribution < 1.29 is 38.1 Å². The maximum atomic E-state index is 12.6. The maximum absolute atomic E-state index is 12.6. The molecule has 0 bridgehead atoms. The molecule has 0 aliphatic heterocycles. The Morgan fingerprint density at radius 3 is 2.17 bits per heavy atom. The number of carboxylic acids is 1. The second-order valence-electron chi connectivity index (χ2n) is 11.2. The molecule has 5 rings (SSSR count). The van der Waals surface area contributed by atoms with Crippen LogP contribution < -0.4 is 14.8 Å². The molecule has 52 heavy (non-hydrogen) atoms. The van der Waals surface area contributed by atoms with Crippen LogP contribution in [0.3, 0.4) is 0 Å². The van der Waals surface area contributed by atoms with Gasteiger partial charge in [-0.15, -0.1) is 0 Å². The fourth-order valence-corrected chi connectivity index (χ4v) is 4.94. The Balaban J connectivity index is 0.000000363. The fraction of sp³-hybridized carbons (Fsp3) is 0.200. The average Bonchev–Trinajstić information content (AvgIpc) is 3.53. The molecule has 0 aliphatic rings. The number of halogens is 1. The summed E-state index contributed by atoms with van der Waals surface area (Å²) < 4.78 is 21.9. The molecule has 268 valence electrons. The van der Waals surface area contributed by atoms with E-state index < -0.39 is 18.6 Å². The summed E-state index contributed by atoms with van der Waals surface area (Å²) in [6.45, 7) is 2.37. The lowest BCUT2D eigenvalue weighted by atomic mass is 10.1. The number of carbonyl (C=O) groups excluding carboxylic acids is 2. The van der Waals surface area contributed by atoms with E-state index in [9.17, 15) is 19.5 Å². The standard InChI is InChI=1S/C30H26N2O6.C10H12INO2/c1-21-27(31-29(37-21)24-8-4-3-5-9-24)10-6-7-22-11-13-23(14-12-22)19-32(20-28(33)34)30(35)38-26-17-15-25(36-2)16-18-26;1-14-10(13)7-12-6-8-2-4-9(11)5-3-8/h3-5,8-9,11-18H,10,19-20H2,1-2H3,(H,33,34);2-5,12H,6-7H2,1H3. The lowest BCUT2D eigenvalue weighted by Gasteiger charge is -2.20. The van der Waals surface area contributed by atoms with Crippen molar-refractivity contribution in [1.82, 2.24) is 15.2 Å². The molecule has 2 N–H and O–H groups in total. The van der Waals surface area contributed by atoms with Crippen molar-refractivity contribution in [1.29, 1.82) is 0 Å². The van der Waals surface area contributed by atoms with Gasteiger partial charge in [-0.05, 0) is 101 Å². The van der Waals surface area contributed by atoms with Gasteiger partial charge in [-0.1, -0.05) is 54.3 Å². The number of nitrogens with zero attached hydrogens (tertiary/aromatic N) is 2. The van der Waals surface area contributed by atoms with E-state index in [4.69, 9.17) is 13.9 Å². The molecule has 5 aromatic rings. The summed E-state index contributed by atoms with van der Waals surface area (Å²) in [5.41, 5.74) is 4.38. The molecule has 1 amide bonds. The van der Waals surface area contributed by atoms with Crippen molar-refractivity contribution in [3.63, 3.8) is 0 Å². The molecule has 4 aromatic carbocycles. The van der Waals surface area contributed by atoms with Crippen molar-refractivity contribution in [2.24, 2.45) is 0 Å². The van der Waals surface area contributed by atoms with Crippen LogP contribution in [0.2, 0.25) is 0 Å². The quantitative estimate of drug-likeness (QED) is 0.0778. The van der Waals surface area contributed by atoms with Crippen LogP contribution in [0.4, 0.5) is 4.79 Å². The number of rotatable bonds is 12. The third-order valence-corrected chi connectivity index (χ3v) is 8.04. The SMILES string of the molecule is COC(=O)CNCc1ccc(I)cc1.COc1ccc(OC(=O)N(CC(=O)O)Cc2ccc(C#CCc3nc(-c4ccccc4)oc3C)cc2)cc1. The van der Waals surface area contributed by atoms with Gasteiger partial charge in [0.25, 0.3) is 0 Å². The van der Waals surface area contributed by atoms with E-state index in [0.29, 0.717) is 24.6 Å². The van der Waals surface area contributed by atoms with Gasteiger partial charge in [0.1, 0.15) is 23.8 Å². The van der Waals surface area contributed by atoms with Crippen LogP contribution in [0.25, 0.3) is 11.5 Å². The fourth-order valence-electron chi connectivity index (χ4n) is 4.58. The molecular weight excluding hydrogens is 777 g/mol. The first-order valence-corrected chi connectivity index (χ1v) is 17.2. The Morgan fingerprint density at radius 1 is 0.885 bits per heavy atom. The number of amides is 1. The zero-order chi connectivity index (χ0) is 37.3. The van der Waals surface area contributed by atoms with E-state index in [1.807, 2.05) is 73.7 Å². The molecule has 1 aromatic heterocycles. The predicted molar refractivity (Wildman–Crippen MR) is 204 cm³/mol. The summed E-state index contributed by atoms with van der Waals surface area (Å²) >= 11 is 2.26. The summed E-state index contributed by atoms with van der Waals surface area (Å²) in [5.74, 6) is 7.05. The highest BCUT2D eigenvalue weighted by Gasteiger charge is 2.20. The average molecular weight is 816 g/mol. The van der Waals surface area contributed by atoms with Crippen LogP contribution in [-0.4, -0.2) is 60.3 Å².